The lowest BCUT2D eigenvalue weighted by atomic mass is 9.97. The molecule has 1 aliphatic carbocycles. The number of carbonyl (C=O) groups is 1. The number of carbonyl (C=O) groups excluding carboxylic acids is 1. The highest BCUT2D eigenvalue weighted by Crippen LogP contribution is 2.19. The van der Waals surface area contributed by atoms with Gasteiger partial charge >= 0.3 is 0 Å². The van der Waals surface area contributed by atoms with Gasteiger partial charge in [-0.1, -0.05) is 35.4 Å². The summed E-state index contributed by atoms with van der Waals surface area (Å²) in [6.07, 6.45) is 10.4. The molecule has 0 saturated carbocycles. The Labute approximate surface area is 165 Å². The molecule has 3 rings (SSSR count). The summed E-state index contributed by atoms with van der Waals surface area (Å²) >= 11 is 5.90. The van der Waals surface area contributed by atoms with E-state index in [0.29, 0.717) is 24.6 Å². The van der Waals surface area contributed by atoms with E-state index in [9.17, 15) is 4.79 Å². The normalized spacial score (nSPS) is 13.7. The summed E-state index contributed by atoms with van der Waals surface area (Å²) in [7, 11) is 0. The third-order valence-corrected chi connectivity index (χ3v) is 4.90. The molecule has 0 fully saturated rings. The van der Waals surface area contributed by atoms with Crippen LogP contribution < -0.4 is 10.6 Å². The molecule has 1 aromatic heterocycles. The van der Waals surface area contributed by atoms with Crippen molar-refractivity contribution in [3.63, 3.8) is 0 Å². The van der Waals surface area contributed by atoms with Crippen LogP contribution in [0.5, 0.6) is 0 Å². The molecule has 6 heteroatoms. The molecule has 142 valence electrons. The third kappa shape index (κ3) is 6.36. The molecule has 5 nitrogen and oxygen atoms in total. The Morgan fingerprint density at radius 1 is 1.07 bits per heavy atom. The number of nitrogens with zero attached hydrogens (tertiary/aromatic N) is 2. The highest BCUT2D eigenvalue weighted by molar-refractivity contribution is 6.30. The maximum atomic E-state index is 12.3. The van der Waals surface area contributed by atoms with Gasteiger partial charge in [0.25, 0.3) is 5.91 Å². The Balaban J connectivity index is 1.45. The van der Waals surface area contributed by atoms with E-state index in [2.05, 4.69) is 26.7 Å². The van der Waals surface area contributed by atoms with Crippen LogP contribution in [0.15, 0.2) is 48.3 Å². The molecule has 0 aliphatic heterocycles. The van der Waals surface area contributed by atoms with E-state index in [0.717, 1.165) is 24.3 Å². The smallest absolute Gasteiger partial charge is 0.270 e. The summed E-state index contributed by atoms with van der Waals surface area (Å²) in [4.78, 5) is 20.6. The maximum absolute atomic E-state index is 12.3. The Kier molecular flexibility index (Phi) is 7.22. The lowest BCUT2D eigenvalue weighted by Crippen LogP contribution is -2.26. The molecule has 1 aromatic carbocycles. The number of benzene rings is 1. The highest BCUT2D eigenvalue weighted by Gasteiger charge is 2.09. The van der Waals surface area contributed by atoms with E-state index in [1.54, 1.807) is 6.07 Å². The predicted molar refractivity (Wildman–Crippen MR) is 109 cm³/mol. The van der Waals surface area contributed by atoms with E-state index in [-0.39, 0.29) is 5.91 Å². The molecule has 0 radical (unpaired) electrons. The summed E-state index contributed by atoms with van der Waals surface area (Å²) in [5.41, 5.74) is 3.03. The first-order valence-electron chi connectivity index (χ1n) is 9.47. The van der Waals surface area contributed by atoms with E-state index in [1.165, 1.54) is 36.7 Å². The van der Waals surface area contributed by atoms with Crippen molar-refractivity contribution in [3.05, 3.63) is 64.6 Å². The molecule has 0 atom stereocenters. The van der Waals surface area contributed by atoms with Crippen molar-refractivity contribution in [2.45, 2.75) is 38.5 Å². The first kappa shape index (κ1) is 19.4. The molecule has 2 N–H and O–H groups in total. The van der Waals surface area contributed by atoms with Crippen LogP contribution in [0, 0.1) is 0 Å². The van der Waals surface area contributed by atoms with Gasteiger partial charge in [0.15, 0.2) is 0 Å². The van der Waals surface area contributed by atoms with Crippen molar-refractivity contribution >= 4 is 23.3 Å². The van der Waals surface area contributed by atoms with Gasteiger partial charge < -0.3 is 10.6 Å². The van der Waals surface area contributed by atoms with Crippen LogP contribution in [0.2, 0.25) is 5.02 Å². The van der Waals surface area contributed by atoms with Gasteiger partial charge in [-0.25, -0.2) is 9.97 Å². The van der Waals surface area contributed by atoms with E-state index >= 15 is 0 Å². The van der Waals surface area contributed by atoms with Crippen LogP contribution in [-0.4, -0.2) is 29.0 Å². The molecule has 2 aromatic rings. The first-order chi connectivity index (χ1) is 13.2. The van der Waals surface area contributed by atoms with Crippen LogP contribution in [0.25, 0.3) is 0 Å². The van der Waals surface area contributed by atoms with Gasteiger partial charge in [-0.05, 0) is 56.2 Å². The second-order valence-electron chi connectivity index (χ2n) is 6.71. The number of allylic oxidation sites excluding steroid dienone is 1. The van der Waals surface area contributed by atoms with E-state index < -0.39 is 0 Å². The largest absolute Gasteiger partial charge is 0.370 e. The number of anilines is 1. The Bertz CT molecular complexity index is 789. The zero-order valence-corrected chi connectivity index (χ0v) is 16.1. The number of nitrogens with one attached hydrogen (secondary N) is 2. The summed E-state index contributed by atoms with van der Waals surface area (Å²) in [6, 6.07) is 9.47. The Hall–Kier alpha value is -2.40. The SMILES string of the molecule is O=C(NCCC1=CCCCC1)c1cc(NCCc2ccc(Cl)cc2)ncn1. The molecular formula is C21H25ClN4O. The summed E-state index contributed by atoms with van der Waals surface area (Å²) in [5, 5.41) is 6.92. The Morgan fingerprint density at radius 2 is 1.93 bits per heavy atom. The topological polar surface area (TPSA) is 66.9 Å². The third-order valence-electron chi connectivity index (χ3n) is 4.65. The standard InChI is InChI=1S/C21H25ClN4O/c22-18-8-6-17(7-9-18)10-12-23-20-14-19(25-15-26-20)21(27)24-13-11-16-4-2-1-3-5-16/h4,6-9,14-15H,1-3,5,10-13H2,(H,24,27)(H,23,25,26). The number of hydrogen-bond acceptors (Lipinski definition) is 4. The number of hydrogen-bond donors (Lipinski definition) is 2. The van der Waals surface area contributed by atoms with Gasteiger partial charge in [-0.15, -0.1) is 0 Å². The van der Waals surface area contributed by atoms with Gasteiger partial charge in [0.1, 0.15) is 17.8 Å². The minimum atomic E-state index is -0.158. The second kappa shape index (κ2) is 10.1. The average molecular weight is 385 g/mol. The fourth-order valence-corrected chi connectivity index (χ4v) is 3.25. The van der Waals surface area contributed by atoms with Crippen molar-refractivity contribution in [1.82, 2.24) is 15.3 Å². The van der Waals surface area contributed by atoms with Crippen LogP contribution in [0.3, 0.4) is 0 Å². The minimum Gasteiger partial charge on any atom is -0.370 e. The fourth-order valence-electron chi connectivity index (χ4n) is 3.12. The van der Waals surface area contributed by atoms with Crippen LogP contribution in [0.1, 0.15) is 48.2 Å². The minimum absolute atomic E-state index is 0.158. The monoisotopic (exact) mass is 384 g/mol. The van der Waals surface area contributed by atoms with Crippen molar-refractivity contribution in [2.24, 2.45) is 0 Å². The number of amides is 1. The number of halogens is 1. The molecule has 1 aliphatic rings. The molecule has 0 bridgehead atoms. The Morgan fingerprint density at radius 3 is 2.70 bits per heavy atom. The first-order valence-corrected chi connectivity index (χ1v) is 9.85. The van der Waals surface area contributed by atoms with Gasteiger partial charge in [0, 0.05) is 24.2 Å². The lowest BCUT2D eigenvalue weighted by molar-refractivity contribution is 0.0949. The second-order valence-corrected chi connectivity index (χ2v) is 7.14. The highest BCUT2D eigenvalue weighted by atomic mass is 35.5. The summed E-state index contributed by atoms with van der Waals surface area (Å²) in [5.74, 6) is 0.494. The molecule has 1 heterocycles. The van der Waals surface area contributed by atoms with Gasteiger partial charge in [-0.3, -0.25) is 4.79 Å². The summed E-state index contributed by atoms with van der Waals surface area (Å²) < 4.78 is 0. The van der Waals surface area contributed by atoms with Gasteiger partial charge in [0.2, 0.25) is 0 Å². The molecule has 0 spiro atoms. The molecule has 0 unspecified atom stereocenters. The van der Waals surface area contributed by atoms with Crippen LogP contribution in [-0.2, 0) is 6.42 Å². The van der Waals surface area contributed by atoms with Crippen molar-refractivity contribution in [2.75, 3.05) is 18.4 Å². The van der Waals surface area contributed by atoms with Crippen molar-refractivity contribution in [3.8, 4) is 0 Å². The van der Waals surface area contributed by atoms with Crippen LogP contribution in [0.4, 0.5) is 5.82 Å². The zero-order valence-electron chi connectivity index (χ0n) is 15.4. The quantitative estimate of drug-likeness (QED) is 0.662. The molecule has 27 heavy (non-hydrogen) atoms. The van der Waals surface area contributed by atoms with Gasteiger partial charge in [0.05, 0.1) is 0 Å². The lowest BCUT2D eigenvalue weighted by Gasteiger charge is -2.13. The van der Waals surface area contributed by atoms with Gasteiger partial charge in [-0.2, -0.15) is 0 Å². The predicted octanol–water partition coefficient (Wildman–Crippen LogP) is 4.40. The maximum Gasteiger partial charge on any atom is 0.270 e. The zero-order chi connectivity index (χ0) is 18.9. The molecular weight excluding hydrogens is 360 g/mol. The van der Waals surface area contributed by atoms with E-state index in [4.69, 9.17) is 11.6 Å². The summed E-state index contributed by atoms with van der Waals surface area (Å²) in [6.45, 7) is 1.36. The van der Waals surface area contributed by atoms with Crippen molar-refractivity contribution in [1.29, 1.82) is 0 Å². The van der Waals surface area contributed by atoms with Crippen LogP contribution >= 0.6 is 11.6 Å². The fraction of sp³-hybridized carbons (Fsp3) is 0.381. The van der Waals surface area contributed by atoms with E-state index in [1.807, 2.05) is 24.3 Å². The average Bonchev–Trinajstić information content (AvgIpc) is 2.70. The molecule has 0 saturated heterocycles. The van der Waals surface area contributed by atoms with Crippen molar-refractivity contribution < 1.29 is 4.79 Å². The number of aromatic nitrogens is 2. The number of rotatable bonds is 8. The molecule has 1 amide bonds.